The van der Waals surface area contributed by atoms with E-state index in [1.807, 2.05) is 36.4 Å². The van der Waals surface area contributed by atoms with Crippen LogP contribution in [0.3, 0.4) is 0 Å². The van der Waals surface area contributed by atoms with E-state index in [2.05, 4.69) is 24.1 Å². The third kappa shape index (κ3) is 3.15. The summed E-state index contributed by atoms with van der Waals surface area (Å²) in [6.45, 7) is 1.91. The van der Waals surface area contributed by atoms with Crippen LogP contribution in [-0.4, -0.2) is 18.7 Å². The van der Waals surface area contributed by atoms with Crippen LogP contribution in [0.4, 0.5) is 0 Å². The minimum Gasteiger partial charge on any atom is -0.454 e. The first-order valence-corrected chi connectivity index (χ1v) is 6.81. The van der Waals surface area contributed by atoms with Crippen LogP contribution < -0.4 is 9.47 Å². The maximum atomic E-state index is 8.93. The monoisotopic (exact) mass is 280 g/mol. The molecular weight excluding hydrogens is 264 g/mol. The van der Waals surface area contributed by atoms with E-state index in [0.29, 0.717) is 12.4 Å². The molecule has 0 aliphatic carbocycles. The summed E-state index contributed by atoms with van der Waals surface area (Å²) in [6.07, 6.45) is 0. The van der Waals surface area contributed by atoms with E-state index in [4.69, 9.17) is 14.7 Å². The Hall–Kier alpha value is -2.51. The highest BCUT2D eigenvalue weighted by molar-refractivity contribution is 5.44. The molecule has 0 saturated heterocycles. The first kappa shape index (κ1) is 13.5. The molecular formula is C17H16N2O2. The van der Waals surface area contributed by atoms with E-state index < -0.39 is 0 Å². The number of rotatable bonds is 4. The van der Waals surface area contributed by atoms with E-state index in [0.717, 1.165) is 30.2 Å². The van der Waals surface area contributed by atoms with Gasteiger partial charge < -0.3 is 9.47 Å². The predicted molar refractivity (Wildman–Crippen MR) is 78.9 cm³/mol. The Bertz CT molecular complexity index is 691. The second kappa shape index (κ2) is 5.86. The average Bonchev–Trinajstić information content (AvgIpc) is 2.95. The van der Waals surface area contributed by atoms with Crippen molar-refractivity contribution in [2.24, 2.45) is 0 Å². The van der Waals surface area contributed by atoms with Crippen molar-refractivity contribution in [3.8, 4) is 17.6 Å². The van der Waals surface area contributed by atoms with Gasteiger partial charge in [-0.2, -0.15) is 5.26 Å². The van der Waals surface area contributed by atoms with Crippen molar-refractivity contribution in [3.05, 3.63) is 59.2 Å². The van der Waals surface area contributed by atoms with Gasteiger partial charge in [-0.1, -0.05) is 18.2 Å². The molecule has 106 valence electrons. The summed E-state index contributed by atoms with van der Waals surface area (Å²) in [5.41, 5.74) is 3.01. The number of nitrogens with zero attached hydrogens (tertiary/aromatic N) is 2. The van der Waals surface area contributed by atoms with Gasteiger partial charge in [0.15, 0.2) is 11.5 Å². The quantitative estimate of drug-likeness (QED) is 0.864. The van der Waals surface area contributed by atoms with E-state index in [-0.39, 0.29) is 0 Å². The molecule has 21 heavy (non-hydrogen) atoms. The molecule has 0 N–H and O–H groups in total. The Morgan fingerprint density at radius 3 is 2.62 bits per heavy atom. The lowest BCUT2D eigenvalue weighted by atomic mass is 10.1. The third-order valence-corrected chi connectivity index (χ3v) is 3.40. The van der Waals surface area contributed by atoms with E-state index >= 15 is 0 Å². The van der Waals surface area contributed by atoms with Crippen LogP contribution >= 0.6 is 0 Å². The molecule has 0 saturated carbocycles. The van der Waals surface area contributed by atoms with Crippen LogP contribution in [0.1, 0.15) is 16.7 Å². The minimum atomic E-state index is 0.301. The second-order valence-corrected chi connectivity index (χ2v) is 5.17. The highest BCUT2D eigenvalue weighted by Gasteiger charge is 2.13. The van der Waals surface area contributed by atoms with E-state index in [1.54, 1.807) is 0 Å². The van der Waals surface area contributed by atoms with Crippen LogP contribution in [0, 0.1) is 11.3 Å². The first-order chi connectivity index (χ1) is 10.2. The zero-order valence-electron chi connectivity index (χ0n) is 11.9. The van der Waals surface area contributed by atoms with Crippen molar-refractivity contribution in [3.63, 3.8) is 0 Å². The van der Waals surface area contributed by atoms with Crippen LogP contribution in [-0.2, 0) is 13.1 Å². The van der Waals surface area contributed by atoms with Crippen molar-refractivity contribution >= 4 is 0 Å². The Morgan fingerprint density at radius 1 is 1.05 bits per heavy atom. The molecule has 1 heterocycles. The second-order valence-electron chi connectivity index (χ2n) is 5.17. The molecule has 2 aromatic carbocycles. The van der Waals surface area contributed by atoms with Crippen molar-refractivity contribution in [2.75, 3.05) is 13.8 Å². The fraction of sp³-hybridized carbons (Fsp3) is 0.235. The van der Waals surface area contributed by atoms with Crippen molar-refractivity contribution in [2.45, 2.75) is 13.1 Å². The molecule has 1 aliphatic heterocycles. The number of ether oxygens (including phenoxy) is 2. The maximum absolute atomic E-state index is 8.93. The fourth-order valence-electron chi connectivity index (χ4n) is 2.46. The highest BCUT2D eigenvalue weighted by atomic mass is 16.7. The number of hydrogen-bond acceptors (Lipinski definition) is 4. The predicted octanol–water partition coefficient (Wildman–Crippen LogP) is 2.92. The maximum Gasteiger partial charge on any atom is 0.231 e. The van der Waals surface area contributed by atoms with Gasteiger partial charge in [-0.15, -0.1) is 0 Å². The Balaban J connectivity index is 1.66. The zero-order chi connectivity index (χ0) is 14.7. The molecule has 0 aromatic heterocycles. The molecule has 0 bridgehead atoms. The van der Waals surface area contributed by atoms with Gasteiger partial charge in [-0.25, -0.2) is 0 Å². The zero-order valence-corrected chi connectivity index (χ0v) is 11.9. The Kier molecular flexibility index (Phi) is 3.76. The molecule has 2 aromatic rings. The van der Waals surface area contributed by atoms with Gasteiger partial charge in [0.2, 0.25) is 6.79 Å². The summed E-state index contributed by atoms with van der Waals surface area (Å²) < 4.78 is 10.7. The van der Waals surface area contributed by atoms with Crippen LogP contribution in [0.15, 0.2) is 42.5 Å². The SMILES string of the molecule is CN(Cc1cccc(C#N)c1)Cc1ccc2c(c1)OCO2. The number of hydrogen-bond donors (Lipinski definition) is 0. The summed E-state index contributed by atoms with van der Waals surface area (Å²) in [4.78, 5) is 2.20. The lowest BCUT2D eigenvalue weighted by molar-refractivity contribution is 0.174. The topological polar surface area (TPSA) is 45.5 Å². The number of benzene rings is 2. The molecule has 0 radical (unpaired) electrons. The standard InChI is InChI=1S/C17H16N2O2/c1-19(10-14-4-2-3-13(7-14)9-18)11-15-5-6-16-17(8-15)21-12-20-16/h2-8H,10-12H2,1H3. The molecule has 1 aliphatic rings. The Labute approximate surface area is 124 Å². The lowest BCUT2D eigenvalue weighted by Gasteiger charge is -2.17. The molecule has 0 atom stereocenters. The summed E-state index contributed by atoms with van der Waals surface area (Å²) >= 11 is 0. The number of nitriles is 1. The van der Waals surface area contributed by atoms with Gasteiger partial charge in [0.05, 0.1) is 11.6 Å². The lowest BCUT2D eigenvalue weighted by Crippen LogP contribution is -2.17. The highest BCUT2D eigenvalue weighted by Crippen LogP contribution is 2.32. The van der Waals surface area contributed by atoms with Crippen LogP contribution in [0.25, 0.3) is 0 Å². The van der Waals surface area contributed by atoms with Crippen LogP contribution in [0.2, 0.25) is 0 Å². The van der Waals surface area contributed by atoms with Crippen LogP contribution in [0.5, 0.6) is 11.5 Å². The average molecular weight is 280 g/mol. The molecule has 4 heteroatoms. The molecule has 0 spiro atoms. The summed E-state index contributed by atoms with van der Waals surface area (Å²) in [6, 6.07) is 15.9. The fourth-order valence-corrected chi connectivity index (χ4v) is 2.46. The summed E-state index contributed by atoms with van der Waals surface area (Å²) in [7, 11) is 2.06. The van der Waals surface area contributed by atoms with E-state index in [9.17, 15) is 0 Å². The third-order valence-electron chi connectivity index (χ3n) is 3.40. The van der Waals surface area contributed by atoms with Gasteiger partial charge in [0, 0.05) is 13.1 Å². The Morgan fingerprint density at radius 2 is 1.81 bits per heavy atom. The first-order valence-electron chi connectivity index (χ1n) is 6.81. The minimum absolute atomic E-state index is 0.301. The van der Waals surface area contributed by atoms with Gasteiger partial charge in [0.1, 0.15) is 0 Å². The van der Waals surface area contributed by atoms with Crippen molar-refractivity contribution < 1.29 is 9.47 Å². The molecule has 4 nitrogen and oxygen atoms in total. The summed E-state index contributed by atoms with van der Waals surface area (Å²) in [5.74, 6) is 1.62. The summed E-state index contributed by atoms with van der Waals surface area (Å²) in [5, 5.41) is 8.93. The molecule has 0 unspecified atom stereocenters. The van der Waals surface area contributed by atoms with Crippen molar-refractivity contribution in [1.82, 2.24) is 4.90 Å². The normalized spacial score (nSPS) is 12.4. The van der Waals surface area contributed by atoms with Crippen molar-refractivity contribution in [1.29, 1.82) is 5.26 Å². The van der Waals surface area contributed by atoms with Gasteiger partial charge in [0.25, 0.3) is 0 Å². The molecule has 3 rings (SSSR count). The largest absolute Gasteiger partial charge is 0.454 e. The van der Waals surface area contributed by atoms with Gasteiger partial charge in [-0.3, -0.25) is 4.90 Å². The smallest absolute Gasteiger partial charge is 0.231 e. The van der Waals surface area contributed by atoms with Gasteiger partial charge in [-0.05, 0) is 42.4 Å². The van der Waals surface area contributed by atoms with Gasteiger partial charge >= 0.3 is 0 Å². The molecule has 0 amide bonds. The number of fused-ring (bicyclic) bond motifs is 1. The molecule has 0 fully saturated rings. The van der Waals surface area contributed by atoms with E-state index in [1.165, 1.54) is 5.56 Å².